The van der Waals surface area contributed by atoms with Gasteiger partial charge in [-0.05, 0) is 60.8 Å². The third-order valence-corrected chi connectivity index (χ3v) is 3.99. The molecule has 1 unspecified atom stereocenters. The maximum atomic E-state index is 5.94. The average Bonchev–Trinajstić information content (AvgIpc) is 2.45. The van der Waals surface area contributed by atoms with Crippen LogP contribution in [0.25, 0.3) is 0 Å². The summed E-state index contributed by atoms with van der Waals surface area (Å²) in [5, 5.41) is 0. The molecule has 2 heteroatoms. The number of nitrogens with two attached hydrogens (primary N) is 1. The summed E-state index contributed by atoms with van der Waals surface area (Å²) in [5.41, 5.74) is 8.52. The van der Waals surface area contributed by atoms with Crippen molar-refractivity contribution in [2.75, 3.05) is 13.2 Å². The maximum absolute atomic E-state index is 5.94. The highest BCUT2D eigenvalue weighted by atomic mass is 16.5. The first kappa shape index (κ1) is 18.0. The molecule has 0 spiro atoms. The molecule has 0 saturated carbocycles. The predicted octanol–water partition coefficient (Wildman–Crippen LogP) is 5.01. The minimum Gasteiger partial charge on any atom is -0.493 e. The van der Waals surface area contributed by atoms with Gasteiger partial charge >= 0.3 is 0 Å². The average molecular weight is 291 g/mol. The van der Waals surface area contributed by atoms with Crippen LogP contribution in [-0.4, -0.2) is 13.2 Å². The normalized spacial score (nSPS) is 13.2. The highest BCUT2D eigenvalue weighted by Crippen LogP contribution is 2.35. The Morgan fingerprint density at radius 2 is 1.90 bits per heavy atom. The Morgan fingerprint density at radius 1 is 1.19 bits per heavy atom. The van der Waals surface area contributed by atoms with Gasteiger partial charge < -0.3 is 10.5 Å². The first-order valence-corrected chi connectivity index (χ1v) is 8.41. The van der Waals surface area contributed by atoms with Crippen molar-refractivity contribution in [1.29, 1.82) is 0 Å². The van der Waals surface area contributed by atoms with E-state index >= 15 is 0 Å². The lowest BCUT2D eigenvalue weighted by molar-refractivity contribution is 0.308. The minimum atomic E-state index is 0.102. The van der Waals surface area contributed by atoms with Crippen LogP contribution in [0.3, 0.4) is 0 Å². The van der Waals surface area contributed by atoms with Gasteiger partial charge in [0, 0.05) is 0 Å². The van der Waals surface area contributed by atoms with Crippen LogP contribution in [0.15, 0.2) is 18.2 Å². The summed E-state index contributed by atoms with van der Waals surface area (Å²) in [7, 11) is 0. The number of hydrogen-bond donors (Lipinski definition) is 1. The summed E-state index contributed by atoms with van der Waals surface area (Å²) in [6.07, 6.45) is 4.47. The molecule has 2 N–H and O–H groups in total. The molecule has 0 aliphatic heterocycles. The Hall–Kier alpha value is -1.02. The van der Waals surface area contributed by atoms with Gasteiger partial charge in [-0.2, -0.15) is 0 Å². The number of benzene rings is 1. The van der Waals surface area contributed by atoms with Crippen LogP contribution in [0.1, 0.15) is 77.3 Å². The van der Waals surface area contributed by atoms with E-state index in [9.17, 15) is 0 Å². The van der Waals surface area contributed by atoms with E-state index in [1.807, 2.05) is 0 Å². The van der Waals surface area contributed by atoms with E-state index in [-0.39, 0.29) is 5.41 Å². The van der Waals surface area contributed by atoms with Gasteiger partial charge in [-0.1, -0.05) is 46.8 Å². The molecule has 1 rings (SSSR count). The molecule has 0 aromatic heterocycles. The fourth-order valence-electron chi connectivity index (χ4n) is 2.70. The van der Waals surface area contributed by atoms with Crippen molar-refractivity contribution in [1.82, 2.24) is 0 Å². The molecule has 0 aliphatic rings. The lowest BCUT2D eigenvalue weighted by atomic mass is 9.82. The molecule has 0 aliphatic carbocycles. The molecule has 0 saturated heterocycles. The highest BCUT2D eigenvalue weighted by Gasteiger charge is 2.21. The van der Waals surface area contributed by atoms with Gasteiger partial charge in [0.15, 0.2) is 0 Å². The Balaban J connectivity index is 3.07. The molecule has 0 heterocycles. The molecule has 0 radical (unpaired) electrons. The molecule has 2 nitrogen and oxygen atoms in total. The van der Waals surface area contributed by atoms with E-state index in [0.717, 1.165) is 31.7 Å². The van der Waals surface area contributed by atoms with Crippen LogP contribution in [0.5, 0.6) is 5.75 Å². The second-order valence-electron chi connectivity index (χ2n) is 6.89. The van der Waals surface area contributed by atoms with Gasteiger partial charge in [-0.25, -0.2) is 0 Å². The Bertz CT molecular complexity index is 420. The van der Waals surface area contributed by atoms with Crippen molar-refractivity contribution in [3.63, 3.8) is 0 Å². The van der Waals surface area contributed by atoms with E-state index in [4.69, 9.17) is 10.5 Å². The van der Waals surface area contributed by atoms with E-state index in [1.165, 1.54) is 24.0 Å². The van der Waals surface area contributed by atoms with Crippen molar-refractivity contribution < 1.29 is 4.74 Å². The summed E-state index contributed by atoms with van der Waals surface area (Å²) in [4.78, 5) is 0. The third-order valence-electron chi connectivity index (χ3n) is 3.99. The van der Waals surface area contributed by atoms with Crippen molar-refractivity contribution in [3.05, 3.63) is 29.3 Å². The molecular weight excluding hydrogens is 258 g/mol. The molecule has 0 amide bonds. The van der Waals surface area contributed by atoms with Gasteiger partial charge in [0.2, 0.25) is 0 Å². The molecule has 21 heavy (non-hydrogen) atoms. The van der Waals surface area contributed by atoms with Crippen molar-refractivity contribution in [2.45, 2.75) is 71.6 Å². The minimum absolute atomic E-state index is 0.102. The summed E-state index contributed by atoms with van der Waals surface area (Å²) in [6, 6.07) is 6.76. The van der Waals surface area contributed by atoms with Crippen LogP contribution in [0.2, 0.25) is 0 Å². The number of ether oxygens (including phenoxy) is 1. The molecule has 0 bridgehead atoms. The zero-order valence-electron chi connectivity index (χ0n) is 14.5. The van der Waals surface area contributed by atoms with Crippen LogP contribution in [-0.2, 0) is 5.41 Å². The van der Waals surface area contributed by atoms with Crippen LogP contribution in [0, 0.1) is 0 Å². The summed E-state index contributed by atoms with van der Waals surface area (Å²) in [6.45, 7) is 12.7. The van der Waals surface area contributed by atoms with Gasteiger partial charge in [-0.15, -0.1) is 0 Å². The van der Waals surface area contributed by atoms with Crippen LogP contribution in [0.4, 0.5) is 0 Å². The van der Waals surface area contributed by atoms with E-state index < -0.39 is 0 Å². The Labute approximate surface area is 131 Å². The smallest absolute Gasteiger partial charge is 0.123 e. The monoisotopic (exact) mass is 291 g/mol. The summed E-state index contributed by atoms with van der Waals surface area (Å²) < 4.78 is 5.94. The zero-order chi connectivity index (χ0) is 15.9. The van der Waals surface area contributed by atoms with Crippen LogP contribution >= 0.6 is 0 Å². The fourth-order valence-corrected chi connectivity index (χ4v) is 2.70. The van der Waals surface area contributed by atoms with Gasteiger partial charge in [0.25, 0.3) is 0 Å². The third kappa shape index (κ3) is 5.35. The molecule has 1 aromatic rings. The van der Waals surface area contributed by atoms with E-state index in [2.05, 4.69) is 52.8 Å². The predicted molar refractivity (Wildman–Crippen MR) is 92.2 cm³/mol. The second-order valence-corrected chi connectivity index (χ2v) is 6.89. The van der Waals surface area contributed by atoms with Gasteiger partial charge in [0.05, 0.1) is 6.61 Å². The maximum Gasteiger partial charge on any atom is 0.123 e. The highest BCUT2D eigenvalue weighted by molar-refractivity contribution is 5.42. The molecule has 120 valence electrons. The molecular formula is C19H33NO. The second kappa shape index (κ2) is 8.43. The fraction of sp³-hybridized carbons (Fsp3) is 0.684. The molecule has 1 atom stereocenters. The number of hydrogen-bond acceptors (Lipinski definition) is 2. The molecule has 0 fully saturated rings. The topological polar surface area (TPSA) is 35.2 Å². The summed E-state index contributed by atoms with van der Waals surface area (Å²) in [5.74, 6) is 1.65. The SMILES string of the molecule is CCCOc1ccc(C(CC)CCCN)cc1C(C)(C)C. The largest absolute Gasteiger partial charge is 0.493 e. The summed E-state index contributed by atoms with van der Waals surface area (Å²) >= 11 is 0. The standard InChI is InChI=1S/C19H33NO/c1-6-13-21-18-11-10-16(14-17(18)19(3,4)5)15(7-2)9-8-12-20/h10-11,14-15H,6-9,12-13,20H2,1-5H3. The van der Waals surface area contributed by atoms with Crippen molar-refractivity contribution in [2.24, 2.45) is 5.73 Å². The first-order chi connectivity index (χ1) is 9.93. The molecule has 1 aromatic carbocycles. The lowest BCUT2D eigenvalue weighted by Gasteiger charge is -2.25. The first-order valence-electron chi connectivity index (χ1n) is 8.41. The van der Waals surface area contributed by atoms with E-state index in [1.54, 1.807) is 0 Å². The number of rotatable bonds is 8. The van der Waals surface area contributed by atoms with E-state index in [0.29, 0.717) is 5.92 Å². The van der Waals surface area contributed by atoms with Crippen LogP contribution < -0.4 is 10.5 Å². The van der Waals surface area contributed by atoms with Crippen molar-refractivity contribution in [3.8, 4) is 5.75 Å². The zero-order valence-corrected chi connectivity index (χ0v) is 14.5. The van der Waals surface area contributed by atoms with Gasteiger partial charge in [0.1, 0.15) is 5.75 Å². The van der Waals surface area contributed by atoms with Crippen molar-refractivity contribution >= 4 is 0 Å². The quantitative estimate of drug-likeness (QED) is 0.731. The van der Waals surface area contributed by atoms with Gasteiger partial charge in [-0.3, -0.25) is 0 Å². The Kier molecular flexibility index (Phi) is 7.24. The lowest BCUT2D eigenvalue weighted by Crippen LogP contribution is -2.15. The Morgan fingerprint density at radius 3 is 2.43 bits per heavy atom.